The van der Waals surface area contributed by atoms with Crippen molar-refractivity contribution in [3.63, 3.8) is 0 Å². The lowest BCUT2D eigenvalue weighted by Gasteiger charge is -2.22. The highest BCUT2D eigenvalue weighted by Crippen LogP contribution is 2.31. The van der Waals surface area contributed by atoms with Crippen LogP contribution >= 0.6 is 23.2 Å². The maximum absolute atomic E-state index is 6.35. The lowest BCUT2D eigenvalue weighted by Crippen LogP contribution is -2.25. The Morgan fingerprint density at radius 2 is 2.05 bits per heavy atom. The summed E-state index contributed by atoms with van der Waals surface area (Å²) in [7, 11) is 0. The molecule has 5 heteroatoms. The molecule has 1 atom stereocenters. The third-order valence-electron chi connectivity index (χ3n) is 3.14. The van der Waals surface area contributed by atoms with Crippen molar-refractivity contribution in [1.29, 1.82) is 0 Å². The molecule has 0 bridgehead atoms. The minimum atomic E-state index is -0.0175. The number of benzene rings is 1. The predicted octanol–water partition coefficient (Wildman–Crippen LogP) is 4.47. The zero-order valence-corrected chi connectivity index (χ0v) is 13.4. The van der Waals surface area contributed by atoms with E-state index in [1.165, 1.54) is 0 Å². The number of halogens is 2. The summed E-state index contributed by atoms with van der Waals surface area (Å²) in [5.74, 6) is 0. The molecule has 0 aliphatic carbocycles. The van der Waals surface area contributed by atoms with Gasteiger partial charge < -0.3 is 5.32 Å². The van der Waals surface area contributed by atoms with E-state index in [0.717, 1.165) is 22.8 Å². The van der Waals surface area contributed by atoms with Gasteiger partial charge in [0.25, 0.3) is 0 Å². The van der Waals surface area contributed by atoms with E-state index < -0.39 is 0 Å². The van der Waals surface area contributed by atoms with Crippen molar-refractivity contribution >= 4 is 23.2 Å². The summed E-state index contributed by atoms with van der Waals surface area (Å²) in [6.07, 6.45) is 1.70. The van der Waals surface area contributed by atoms with Crippen LogP contribution in [0.4, 0.5) is 0 Å². The van der Waals surface area contributed by atoms with Crippen molar-refractivity contribution < 1.29 is 0 Å². The molecule has 1 N–H and O–H groups in total. The molecule has 0 fully saturated rings. The zero-order chi connectivity index (χ0) is 14.7. The third kappa shape index (κ3) is 3.17. The topological polar surface area (TPSA) is 29.9 Å². The van der Waals surface area contributed by atoms with Crippen molar-refractivity contribution in [1.82, 2.24) is 15.1 Å². The first kappa shape index (κ1) is 15.4. The van der Waals surface area contributed by atoms with Gasteiger partial charge in [0.05, 0.1) is 23.0 Å². The first-order valence-corrected chi connectivity index (χ1v) is 7.52. The molecule has 1 unspecified atom stereocenters. The van der Waals surface area contributed by atoms with Gasteiger partial charge in [0.15, 0.2) is 0 Å². The maximum Gasteiger partial charge on any atom is 0.0837 e. The molecule has 0 saturated carbocycles. The van der Waals surface area contributed by atoms with Gasteiger partial charge in [-0.25, -0.2) is 0 Å². The molecule has 2 rings (SSSR count). The summed E-state index contributed by atoms with van der Waals surface area (Å²) >= 11 is 12.5. The van der Waals surface area contributed by atoms with E-state index in [1.54, 1.807) is 6.20 Å². The summed E-state index contributed by atoms with van der Waals surface area (Å²) in [6.45, 7) is 7.08. The van der Waals surface area contributed by atoms with Gasteiger partial charge in [-0.3, -0.25) is 4.68 Å². The van der Waals surface area contributed by atoms with Gasteiger partial charge in [0, 0.05) is 11.1 Å². The van der Waals surface area contributed by atoms with Gasteiger partial charge >= 0.3 is 0 Å². The molecule has 1 heterocycles. The molecule has 0 aliphatic rings. The molecule has 0 amide bonds. The highest BCUT2D eigenvalue weighted by molar-refractivity contribution is 6.31. The van der Waals surface area contributed by atoms with Crippen molar-refractivity contribution in [2.24, 2.45) is 0 Å². The van der Waals surface area contributed by atoms with Crippen molar-refractivity contribution in [2.45, 2.75) is 32.9 Å². The highest BCUT2D eigenvalue weighted by Gasteiger charge is 2.22. The van der Waals surface area contributed by atoms with Crippen LogP contribution in [0.25, 0.3) is 0 Å². The Morgan fingerprint density at radius 3 is 2.65 bits per heavy atom. The smallest absolute Gasteiger partial charge is 0.0837 e. The lowest BCUT2D eigenvalue weighted by atomic mass is 10.0. The fourth-order valence-electron chi connectivity index (χ4n) is 2.29. The zero-order valence-electron chi connectivity index (χ0n) is 11.9. The molecule has 2 aromatic rings. The van der Waals surface area contributed by atoms with Crippen LogP contribution in [0.5, 0.6) is 0 Å². The van der Waals surface area contributed by atoms with Gasteiger partial charge in [-0.2, -0.15) is 5.10 Å². The average molecular weight is 312 g/mol. The number of aromatic nitrogens is 2. The molecule has 1 aromatic carbocycles. The Bertz CT molecular complexity index is 578. The standard InChI is InChI=1S/C15H19Cl2N3/c1-4-18-14(11-6-5-7-12(16)8-11)15-13(17)9-19-20(15)10(2)3/h5-10,14,18H,4H2,1-3H3. The van der Waals surface area contributed by atoms with E-state index in [9.17, 15) is 0 Å². The Kier molecular flexibility index (Phi) is 5.08. The molecular weight excluding hydrogens is 293 g/mol. The van der Waals surface area contributed by atoms with E-state index in [0.29, 0.717) is 5.02 Å². The molecule has 0 aliphatic heterocycles. The Balaban J connectivity index is 2.51. The third-order valence-corrected chi connectivity index (χ3v) is 3.67. The second kappa shape index (κ2) is 6.61. The Labute approximate surface area is 129 Å². The van der Waals surface area contributed by atoms with E-state index in [2.05, 4.69) is 31.2 Å². The lowest BCUT2D eigenvalue weighted by molar-refractivity contribution is 0.476. The number of hydrogen-bond acceptors (Lipinski definition) is 2. The first-order chi connectivity index (χ1) is 9.54. The minimum absolute atomic E-state index is 0.0175. The molecule has 1 aromatic heterocycles. The summed E-state index contributed by atoms with van der Waals surface area (Å²) in [5, 5.41) is 9.23. The number of rotatable bonds is 5. The normalized spacial score (nSPS) is 12.9. The van der Waals surface area contributed by atoms with Crippen LogP contribution in [0.1, 0.15) is 44.1 Å². The summed E-state index contributed by atoms with van der Waals surface area (Å²) in [6, 6.07) is 8.06. The Morgan fingerprint density at radius 1 is 1.30 bits per heavy atom. The van der Waals surface area contributed by atoms with Gasteiger partial charge in [-0.05, 0) is 38.1 Å². The monoisotopic (exact) mass is 311 g/mol. The van der Waals surface area contributed by atoms with E-state index >= 15 is 0 Å². The SMILES string of the molecule is CCNC(c1cccc(Cl)c1)c1c(Cl)cnn1C(C)C. The van der Waals surface area contributed by atoms with Crippen molar-refractivity contribution in [3.05, 3.63) is 51.8 Å². The Hall–Kier alpha value is -1.03. The molecule has 108 valence electrons. The van der Waals surface area contributed by atoms with Gasteiger partial charge in [-0.1, -0.05) is 42.3 Å². The van der Waals surface area contributed by atoms with Crippen molar-refractivity contribution in [2.75, 3.05) is 6.54 Å². The van der Waals surface area contributed by atoms with Crippen LogP contribution < -0.4 is 5.32 Å². The van der Waals surface area contributed by atoms with Gasteiger partial charge in [0.2, 0.25) is 0 Å². The minimum Gasteiger partial charge on any atom is -0.305 e. The number of hydrogen-bond donors (Lipinski definition) is 1. The second-order valence-electron chi connectivity index (χ2n) is 4.96. The fourth-order valence-corrected chi connectivity index (χ4v) is 2.73. The van der Waals surface area contributed by atoms with Gasteiger partial charge in [-0.15, -0.1) is 0 Å². The van der Waals surface area contributed by atoms with Crippen LogP contribution in [-0.4, -0.2) is 16.3 Å². The second-order valence-corrected chi connectivity index (χ2v) is 5.81. The molecule has 3 nitrogen and oxygen atoms in total. The highest BCUT2D eigenvalue weighted by atomic mass is 35.5. The van der Waals surface area contributed by atoms with Crippen LogP contribution in [0, 0.1) is 0 Å². The maximum atomic E-state index is 6.35. The molecule has 20 heavy (non-hydrogen) atoms. The molecule has 0 radical (unpaired) electrons. The molecule has 0 saturated heterocycles. The van der Waals surface area contributed by atoms with Crippen LogP contribution in [-0.2, 0) is 0 Å². The predicted molar refractivity (Wildman–Crippen MR) is 84.6 cm³/mol. The first-order valence-electron chi connectivity index (χ1n) is 6.76. The van der Waals surface area contributed by atoms with E-state index in [4.69, 9.17) is 23.2 Å². The molecular formula is C15H19Cl2N3. The van der Waals surface area contributed by atoms with E-state index in [1.807, 2.05) is 28.9 Å². The van der Waals surface area contributed by atoms with Crippen LogP contribution in [0.15, 0.2) is 30.5 Å². The van der Waals surface area contributed by atoms with Gasteiger partial charge in [0.1, 0.15) is 0 Å². The fraction of sp³-hybridized carbons (Fsp3) is 0.400. The average Bonchev–Trinajstić information content (AvgIpc) is 2.78. The summed E-state index contributed by atoms with van der Waals surface area (Å²) in [5.41, 5.74) is 2.06. The largest absolute Gasteiger partial charge is 0.305 e. The molecule has 0 spiro atoms. The quantitative estimate of drug-likeness (QED) is 0.883. The van der Waals surface area contributed by atoms with Crippen LogP contribution in [0.2, 0.25) is 10.0 Å². The summed E-state index contributed by atoms with van der Waals surface area (Å²) < 4.78 is 1.95. The number of nitrogens with zero attached hydrogens (tertiary/aromatic N) is 2. The van der Waals surface area contributed by atoms with E-state index in [-0.39, 0.29) is 12.1 Å². The van der Waals surface area contributed by atoms with Crippen molar-refractivity contribution in [3.8, 4) is 0 Å². The van der Waals surface area contributed by atoms with Crippen LogP contribution in [0.3, 0.4) is 0 Å². The number of nitrogens with one attached hydrogen (secondary N) is 1. The summed E-state index contributed by atoms with van der Waals surface area (Å²) in [4.78, 5) is 0.